The zero-order valence-electron chi connectivity index (χ0n) is 9.80. The van der Waals surface area contributed by atoms with Crippen LogP contribution in [0.4, 0.5) is 5.82 Å². The number of amides is 2. The van der Waals surface area contributed by atoms with E-state index in [0.717, 1.165) is 0 Å². The number of nitrogens with two attached hydrogens (primary N) is 1. The molecular weight excluding hydrogens is 262 g/mol. The van der Waals surface area contributed by atoms with Gasteiger partial charge >= 0.3 is 0 Å². The van der Waals surface area contributed by atoms with Gasteiger partial charge in [0.15, 0.2) is 5.82 Å². The molecule has 1 aromatic rings. The average Bonchev–Trinajstić information content (AvgIpc) is 2.56. The van der Waals surface area contributed by atoms with Gasteiger partial charge in [-0.05, 0) is 0 Å². The van der Waals surface area contributed by atoms with Crippen molar-refractivity contribution < 1.29 is 18.0 Å². The molecule has 1 rings (SSSR count). The van der Waals surface area contributed by atoms with E-state index in [4.69, 9.17) is 5.14 Å². The van der Waals surface area contributed by atoms with Gasteiger partial charge in [0, 0.05) is 20.2 Å². The molecule has 0 aromatic carbocycles. The van der Waals surface area contributed by atoms with E-state index in [1.165, 1.54) is 24.9 Å². The van der Waals surface area contributed by atoms with Gasteiger partial charge in [-0.15, -0.1) is 0 Å². The van der Waals surface area contributed by atoms with Crippen LogP contribution in [0.2, 0.25) is 0 Å². The molecule has 0 spiro atoms. The number of hydrogen-bond donors (Lipinski definition) is 3. The van der Waals surface area contributed by atoms with E-state index < -0.39 is 15.9 Å². The second-order valence-electron chi connectivity index (χ2n) is 3.52. The standard InChI is InChI=1S/C8H13N5O4S/c1-5(14)10-3-7(15)11-8-6(18(9,16)17)4-13(2)12-8/h4H,3H2,1-2H3,(H,10,14)(H2,9,16,17)(H,11,12,15). The minimum Gasteiger partial charge on any atom is -0.347 e. The minimum absolute atomic E-state index is 0.171. The van der Waals surface area contributed by atoms with Gasteiger partial charge < -0.3 is 10.6 Å². The lowest BCUT2D eigenvalue weighted by molar-refractivity contribution is -0.122. The quantitative estimate of drug-likeness (QED) is 0.592. The van der Waals surface area contributed by atoms with E-state index in [1.54, 1.807) is 0 Å². The first-order chi connectivity index (χ1) is 8.20. The third kappa shape index (κ3) is 3.82. The van der Waals surface area contributed by atoms with Crippen molar-refractivity contribution in [3.05, 3.63) is 6.20 Å². The zero-order chi connectivity index (χ0) is 13.9. The van der Waals surface area contributed by atoms with Crippen molar-refractivity contribution in [2.24, 2.45) is 12.2 Å². The third-order valence-corrected chi connectivity index (χ3v) is 2.77. The maximum Gasteiger partial charge on any atom is 0.245 e. The van der Waals surface area contributed by atoms with Gasteiger partial charge in [-0.2, -0.15) is 5.10 Å². The SMILES string of the molecule is CC(=O)NCC(=O)Nc1nn(C)cc1S(N)(=O)=O. The van der Waals surface area contributed by atoms with Crippen LogP contribution in [0.25, 0.3) is 0 Å². The Bertz CT molecular complexity index is 576. The highest BCUT2D eigenvalue weighted by molar-refractivity contribution is 7.89. The predicted octanol–water partition coefficient (Wildman–Crippen LogP) is -1.86. The first kappa shape index (κ1) is 14.1. The van der Waals surface area contributed by atoms with Crippen LogP contribution in [-0.2, 0) is 26.7 Å². The molecule has 9 nitrogen and oxygen atoms in total. The summed E-state index contributed by atoms with van der Waals surface area (Å²) >= 11 is 0. The van der Waals surface area contributed by atoms with E-state index in [2.05, 4.69) is 15.7 Å². The lowest BCUT2D eigenvalue weighted by atomic mass is 10.5. The number of hydrogen-bond acceptors (Lipinski definition) is 5. The molecule has 0 aliphatic heterocycles. The fourth-order valence-electron chi connectivity index (χ4n) is 1.14. The molecule has 100 valence electrons. The van der Waals surface area contributed by atoms with Crippen molar-refractivity contribution in [2.75, 3.05) is 11.9 Å². The van der Waals surface area contributed by atoms with Crippen LogP contribution < -0.4 is 15.8 Å². The number of rotatable bonds is 4. The van der Waals surface area contributed by atoms with Crippen molar-refractivity contribution in [3.63, 3.8) is 0 Å². The van der Waals surface area contributed by atoms with Crippen molar-refractivity contribution in [3.8, 4) is 0 Å². The third-order valence-electron chi connectivity index (χ3n) is 1.86. The number of nitrogens with one attached hydrogen (secondary N) is 2. The zero-order valence-corrected chi connectivity index (χ0v) is 10.6. The molecule has 0 aliphatic carbocycles. The molecule has 0 bridgehead atoms. The lowest BCUT2D eigenvalue weighted by Gasteiger charge is -2.04. The van der Waals surface area contributed by atoms with Gasteiger partial charge in [0.1, 0.15) is 4.90 Å². The molecule has 1 heterocycles. The highest BCUT2D eigenvalue weighted by Gasteiger charge is 2.19. The molecule has 2 amide bonds. The summed E-state index contributed by atoms with van der Waals surface area (Å²) in [5.74, 6) is -1.15. The molecule has 0 fully saturated rings. The molecule has 10 heteroatoms. The van der Waals surface area contributed by atoms with E-state index in [-0.39, 0.29) is 23.2 Å². The van der Waals surface area contributed by atoms with Crippen molar-refractivity contribution in [1.82, 2.24) is 15.1 Å². The topological polar surface area (TPSA) is 136 Å². The first-order valence-corrected chi connectivity index (χ1v) is 6.35. The summed E-state index contributed by atoms with van der Waals surface area (Å²) in [5, 5.41) is 13.2. The summed E-state index contributed by atoms with van der Waals surface area (Å²) in [6, 6.07) is 0. The van der Waals surface area contributed by atoms with E-state index in [0.29, 0.717) is 0 Å². The number of anilines is 1. The van der Waals surface area contributed by atoms with Crippen LogP contribution in [0, 0.1) is 0 Å². The molecule has 0 unspecified atom stereocenters. The Kier molecular flexibility index (Phi) is 4.03. The number of primary sulfonamides is 1. The first-order valence-electron chi connectivity index (χ1n) is 4.81. The van der Waals surface area contributed by atoms with Crippen LogP contribution >= 0.6 is 0 Å². The minimum atomic E-state index is -3.97. The summed E-state index contributed by atoms with van der Waals surface area (Å²) in [6.07, 6.45) is 1.17. The summed E-state index contributed by atoms with van der Waals surface area (Å²) < 4.78 is 23.6. The van der Waals surface area contributed by atoms with Crippen molar-refractivity contribution in [2.45, 2.75) is 11.8 Å². The fourth-order valence-corrected chi connectivity index (χ4v) is 1.80. The molecule has 0 saturated heterocycles. The Balaban J connectivity index is 2.85. The maximum atomic E-state index is 11.4. The van der Waals surface area contributed by atoms with Gasteiger partial charge in [0.2, 0.25) is 21.8 Å². The summed E-state index contributed by atoms with van der Waals surface area (Å²) in [5.41, 5.74) is 0. The monoisotopic (exact) mass is 275 g/mol. The Hall–Kier alpha value is -1.94. The summed E-state index contributed by atoms with van der Waals surface area (Å²) in [6.45, 7) is 0.972. The second kappa shape index (κ2) is 5.14. The smallest absolute Gasteiger partial charge is 0.245 e. The van der Waals surface area contributed by atoms with Crippen molar-refractivity contribution in [1.29, 1.82) is 0 Å². The molecule has 0 atom stereocenters. The van der Waals surface area contributed by atoms with Gasteiger partial charge in [0.25, 0.3) is 0 Å². The average molecular weight is 275 g/mol. The van der Waals surface area contributed by atoms with Crippen LogP contribution in [0.5, 0.6) is 0 Å². The second-order valence-corrected chi connectivity index (χ2v) is 5.05. The van der Waals surface area contributed by atoms with Crippen molar-refractivity contribution >= 4 is 27.7 Å². The Morgan fingerprint density at radius 1 is 1.50 bits per heavy atom. The maximum absolute atomic E-state index is 11.4. The molecule has 0 aliphatic rings. The number of nitrogens with zero attached hydrogens (tertiary/aromatic N) is 2. The fraction of sp³-hybridized carbons (Fsp3) is 0.375. The van der Waals surface area contributed by atoms with Gasteiger partial charge in [-0.3, -0.25) is 14.3 Å². The van der Waals surface area contributed by atoms with E-state index in [1.807, 2.05) is 0 Å². The highest BCUT2D eigenvalue weighted by atomic mass is 32.2. The van der Waals surface area contributed by atoms with Gasteiger partial charge in [-0.1, -0.05) is 0 Å². The summed E-state index contributed by atoms with van der Waals surface area (Å²) in [7, 11) is -2.49. The van der Waals surface area contributed by atoms with Crippen LogP contribution in [-0.4, -0.2) is 36.6 Å². The number of aromatic nitrogens is 2. The molecule has 18 heavy (non-hydrogen) atoms. The van der Waals surface area contributed by atoms with E-state index in [9.17, 15) is 18.0 Å². The Morgan fingerprint density at radius 2 is 2.11 bits per heavy atom. The Labute approximate surface area is 103 Å². The molecule has 1 aromatic heterocycles. The Morgan fingerprint density at radius 3 is 2.61 bits per heavy atom. The molecule has 0 radical (unpaired) electrons. The molecule has 4 N–H and O–H groups in total. The normalized spacial score (nSPS) is 11.1. The highest BCUT2D eigenvalue weighted by Crippen LogP contribution is 2.16. The lowest BCUT2D eigenvalue weighted by Crippen LogP contribution is -2.31. The largest absolute Gasteiger partial charge is 0.347 e. The number of sulfonamides is 1. The molecule has 0 saturated carbocycles. The van der Waals surface area contributed by atoms with Gasteiger partial charge in [0.05, 0.1) is 6.54 Å². The number of carbonyl (C=O) groups is 2. The predicted molar refractivity (Wildman–Crippen MR) is 61.9 cm³/mol. The number of aryl methyl sites for hydroxylation is 1. The van der Waals surface area contributed by atoms with Crippen LogP contribution in [0.3, 0.4) is 0 Å². The van der Waals surface area contributed by atoms with Crippen LogP contribution in [0.15, 0.2) is 11.1 Å². The van der Waals surface area contributed by atoms with E-state index >= 15 is 0 Å². The van der Waals surface area contributed by atoms with Gasteiger partial charge in [-0.25, -0.2) is 13.6 Å². The molecular formula is C8H13N5O4S. The van der Waals surface area contributed by atoms with Crippen LogP contribution in [0.1, 0.15) is 6.92 Å². The number of carbonyl (C=O) groups excluding carboxylic acids is 2. The summed E-state index contributed by atoms with van der Waals surface area (Å²) in [4.78, 5) is 21.7.